The Bertz CT molecular complexity index is 937. The minimum atomic E-state index is -0.0253. The molecule has 3 heterocycles. The van der Waals surface area contributed by atoms with Crippen LogP contribution in [-0.4, -0.2) is 30.9 Å². The molecule has 0 spiro atoms. The van der Waals surface area contributed by atoms with Crippen LogP contribution in [0, 0.1) is 26.7 Å². The number of fused-ring (bicyclic) bond motifs is 1. The van der Waals surface area contributed by atoms with Gasteiger partial charge in [-0.05, 0) is 44.7 Å². The Morgan fingerprint density at radius 1 is 1.31 bits per heavy atom. The average molecular weight is 354 g/mol. The second-order valence-electron chi connectivity index (χ2n) is 7.22. The lowest BCUT2D eigenvalue weighted by molar-refractivity contribution is -0.116. The van der Waals surface area contributed by atoms with Crippen LogP contribution in [0.1, 0.15) is 42.9 Å². The first-order valence-electron chi connectivity index (χ1n) is 8.98. The molecule has 1 amide bonds. The number of aromatic nitrogens is 5. The highest BCUT2D eigenvalue weighted by Crippen LogP contribution is 2.19. The zero-order valence-corrected chi connectivity index (χ0v) is 16.1. The first kappa shape index (κ1) is 18.1. The molecule has 0 saturated heterocycles. The van der Waals surface area contributed by atoms with Crippen LogP contribution in [0.15, 0.2) is 12.3 Å². The quantitative estimate of drug-likeness (QED) is 0.711. The summed E-state index contributed by atoms with van der Waals surface area (Å²) in [5.74, 6) is 0.514. The van der Waals surface area contributed by atoms with Crippen LogP contribution in [0.2, 0.25) is 0 Å². The van der Waals surface area contributed by atoms with E-state index >= 15 is 0 Å². The predicted molar refractivity (Wildman–Crippen MR) is 102 cm³/mol. The second kappa shape index (κ2) is 7.27. The van der Waals surface area contributed by atoms with Gasteiger partial charge >= 0.3 is 0 Å². The molecule has 0 atom stereocenters. The maximum absolute atomic E-state index is 12.4. The summed E-state index contributed by atoms with van der Waals surface area (Å²) in [5, 5.41) is 15.5. The summed E-state index contributed by atoms with van der Waals surface area (Å²) in [6.45, 7) is 11.3. The molecule has 0 fully saturated rings. The molecule has 0 aliphatic rings. The number of aromatic amines is 1. The van der Waals surface area contributed by atoms with Crippen LogP contribution in [0.25, 0.3) is 11.0 Å². The van der Waals surface area contributed by atoms with Crippen molar-refractivity contribution in [1.82, 2.24) is 25.0 Å². The monoisotopic (exact) mass is 354 g/mol. The third-order valence-electron chi connectivity index (χ3n) is 4.56. The molecular weight excluding hydrogens is 328 g/mol. The molecule has 0 unspecified atom stereocenters. The lowest BCUT2D eigenvalue weighted by Gasteiger charge is -2.08. The second-order valence-corrected chi connectivity index (χ2v) is 7.22. The molecule has 3 rings (SSSR count). The molecular formula is C19H26N6O. The van der Waals surface area contributed by atoms with Crippen molar-refractivity contribution in [2.45, 2.75) is 54.0 Å². The number of hydrogen-bond donors (Lipinski definition) is 2. The Morgan fingerprint density at radius 2 is 2.08 bits per heavy atom. The maximum Gasteiger partial charge on any atom is 0.224 e. The lowest BCUT2D eigenvalue weighted by atomic mass is 10.1. The van der Waals surface area contributed by atoms with Crippen molar-refractivity contribution < 1.29 is 4.79 Å². The number of nitrogens with one attached hydrogen (secondary N) is 2. The van der Waals surface area contributed by atoms with Crippen molar-refractivity contribution in [2.75, 3.05) is 5.32 Å². The third kappa shape index (κ3) is 3.76. The summed E-state index contributed by atoms with van der Waals surface area (Å²) in [6, 6.07) is 1.90. The minimum absolute atomic E-state index is 0.0253. The molecule has 7 nitrogen and oxygen atoms in total. The molecule has 0 aromatic carbocycles. The van der Waals surface area contributed by atoms with E-state index < -0.39 is 0 Å². The Balaban J connectivity index is 1.65. The molecule has 0 bridgehead atoms. The van der Waals surface area contributed by atoms with E-state index in [4.69, 9.17) is 0 Å². The SMILES string of the molecule is Cc1nn(CC(C)C)c(C)c1CCC(=O)Nc1cnc2n[nH]c(C)c2c1. The average Bonchev–Trinajstić information content (AvgIpc) is 3.06. The summed E-state index contributed by atoms with van der Waals surface area (Å²) in [7, 11) is 0. The van der Waals surface area contributed by atoms with Crippen LogP contribution in [0.5, 0.6) is 0 Å². The van der Waals surface area contributed by atoms with Gasteiger partial charge in [-0.25, -0.2) is 4.98 Å². The van der Waals surface area contributed by atoms with Gasteiger partial charge in [0.15, 0.2) is 5.65 Å². The van der Waals surface area contributed by atoms with Gasteiger partial charge in [0.1, 0.15) is 0 Å². The maximum atomic E-state index is 12.4. The van der Waals surface area contributed by atoms with E-state index in [1.165, 1.54) is 5.56 Å². The number of carbonyl (C=O) groups excluding carboxylic acids is 1. The van der Waals surface area contributed by atoms with Gasteiger partial charge in [-0.3, -0.25) is 14.6 Å². The van der Waals surface area contributed by atoms with Crippen molar-refractivity contribution in [3.8, 4) is 0 Å². The van der Waals surface area contributed by atoms with Gasteiger partial charge in [-0.2, -0.15) is 10.2 Å². The first-order valence-corrected chi connectivity index (χ1v) is 8.98. The number of aryl methyl sites for hydroxylation is 2. The number of pyridine rings is 1. The Kier molecular flexibility index (Phi) is 5.06. The van der Waals surface area contributed by atoms with Gasteiger partial charge in [0, 0.05) is 29.7 Å². The largest absolute Gasteiger partial charge is 0.325 e. The zero-order valence-electron chi connectivity index (χ0n) is 16.1. The van der Waals surface area contributed by atoms with Gasteiger partial charge in [-0.1, -0.05) is 13.8 Å². The van der Waals surface area contributed by atoms with Crippen LogP contribution < -0.4 is 5.32 Å². The zero-order chi connectivity index (χ0) is 18.8. The predicted octanol–water partition coefficient (Wildman–Crippen LogP) is 3.31. The van der Waals surface area contributed by atoms with Crippen LogP contribution in [0.3, 0.4) is 0 Å². The summed E-state index contributed by atoms with van der Waals surface area (Å²) < 4.78 is 2.05. The van der Waals surface area contributed by atoms with Crippen molar-refractivity contribution in [3.05, 3.63) is 34.9 Å². The van der Waals surface area contributed by atoms with Crippen molar-refractivity contribution in [3.63, 3.8) is 0 Å². The highest BCUT2D eigenvalue weighted by molar-refractivity contribution is 5.93. The number of hydrogen-bond acceptors (Lipinski definition) is 4. The number of rotatable bonds is 6. The molecule has 0 saturated carbocycles. The Labute approximate surface area is 153 Å². The summed E-state index contributed by atoms with van der Waals surface area (Å²) in [5.41, 5.74) is 5.61. The van der Waals surface area contributed by atoms with E-state index in [1.54, 1.807) is 6.20 Å². The van der Waals surface area contributed by atoms with E-state index in [1.807, 2.05) is 24.6 Å². The fourth-order valence-corrected chi connectivity index (χ4v) is 3.17. The third-order valence-corrected chi connectivity index (χ3v) is 4.56. The Hall–Kier alpha value is -2.70. The Morgan fingerprint density at radius 3 is 2.81 bits per heavy atom. The fraction of sp³-hybridized carbons (Fsp3) is 0.474. The van der Waals surface area contributed by atoms with Gasteiger partial charge < -0.3 is 5.32 Å². The molecule has 0 aliphatic heterocycles. The molecule has 3 aromatic heterocycles. The van der Waals surface area contributed by atoms with Crippen LogP contribution >= 0.6 is 0 Å². The smallest absolute Gasteiger partial charge is 0.224 e. The molecule has 0 radical (unpaired) electrons. The van der Waals surface area contributed by atoms with E-state index in [0.29, 0.717) is 30.1 Å². The van der Waals surface area contributed by atoms with E-state index in [2.05, 4.69) is 46.4 Å². The fourth-order valence-electron chi connectivity index (χ4n) is 3.17. The highest BCUT2D eigenvalue weighted by Gasteiger charge is 2.14. The van der Waals surface area contributed by atoms with Crippen molar-refractivity contribution in [1.29, 1.82) is 0 Å². The molecule has 26 heavy (non-hydrogen) atoms. The normalized spacial score (nSPS) is 11.5. The number of carbonyl (C=O) groups is 1. The standard InChI is InChI=1S/C19H26N6O/c1-11(2)10-25-14(5)16(13(4)24-25)6-7-18(26)21-15-8-17-12(3)22-23-19(17)20-9-15/h8-9,11H,6-7,10H2,1-5H3,(H,21,26)(H,20,22,23). The lowest BCUT2D eigenvalue weighted by Crippen LogP contribution is -2.13. The summed E-state index contributed by atoms with van der Waals surface area (Å²) >= 11 is 0. The number of H-pyrrole nitrogens is 1. The van der Waals surface area contributed by atoms with Gasteiger partial charge in [-0.15, -0.1) is 0 Å². The summed E-state index contributed by atoms with van der Waals surface area (Å²) in [4.78, 5) is 16.6. The molecule has 138 valence electrons. The number of anilines is 1. The van der Waals surface area contributed by atoms with Gasteiger partial charge in [0.2, 0.25) is 5.91 Å². The van der Waals surface area contributed by atoms with Crippen molar-refractivity contribution in [2.24, 2.45) is 5.92 Å². The van der Waals surface area contributed by atoms with E-state index in [9.17, 15) is 4.79 Å². The first-order chi connectivity index (χ1) is 12.3. The van der Waals surface area contributed by atoms with E-state index in [-0.39, 0.29) is 5.91 Å². The van der Waals surface area contributed by atoms with Gasteiger partial charge in [0.25, 0.3) is 0 Å². The van der Waals surface area contributed by atoms with E-state index in [0.717, 1.165) is 29.0 Å². The molecule has 3 aromatic rings. The van der Waals surface area contributed by atoms with Crippen LogP contribution in [0.4, 0.5) is 5.69 Å². The van der Waals surface area contributed by atoms with Crippen LogP contribution in [-0.2, 0) is 17.8 Å². The molecule has 7 heteroatoms. The number of nitrogens with zero attached hydrogens (tertiary/aromatic N) is 4. The molecule has 2 N–H and O–H groups in total. The molecule has 0 aliphatic carbocycles. The number of amides is 1. The minimum Gasteiger partial charge on any atom is -0.325 e. The van der Waals surface area contributed by atoms with Crippen molar-refractivity contribution >= 4 is 22.6 Å². The topological polar surface area (TPSA) is 88.5 Å². The van der Waals surface area contributed by atoms with Gasteiger partial charge in [0.05, 0.1) is 17.6 Å². The highest BCUT2D eigenvalue weighted by atomic mass is 16.1. The summed E-state index contributed by atoms with van der Waals surface area (Å²) in [6.07, 6.45) is 2.73.